The van der Waals surface area contributed by atoms with E-state index in [1.165, 1.54) is 25.3 Å². The predicted octanol–water partition coefficient (Wildman–Crippen LogP) is 4.79. The molecule has 0 unspecified atom stereocenters. The molecule has 1 heterocycles. The Balaban J connectivity index is 1.78. The van der Waals surface area contributed by atoms with E-state index in [1.54, 1.807) is 0 Å². The van der Waals surface area contributed by atoms with E-state index >= 15 is 0 Å². The van der Waals surface area contributed by atoms with Crippen LogP contribution in [0.5, 0.6) is 11.5 Å². The Hall–Kier alpha value is -2.37. The first kappa shape index (κ1) is 21.3. The first-order valence-corrected chi connectivity index (χ1v) is 9.15. The minimum absolute atomic E-state index is 0.0389. The smallest absolute Gasteiger partial charge is 0.436 e. The van der Waals surface area contributed by atoms with E-state index < -0.39 is 30.9 Å². The van der Waals surface area contributed by atoms with Gasteiger partial charge in [0.2, 0.25) is 5.91 Å². The number of hydrogen-bond donors (Lipinski definition) is 1. The van der Waals surface area contributed by atoms with Crippen molar-refractivity contribution in [2.45, 2.75) is 38.1 Å². The van der Waals surface area contributed by atoms with E-state index in [1.807, 2.05) is 0 Å². The Morgan fingerprint density at radius 2 is 2.03 bits per heavy atom. The molecule has 1 N–H and O–H groups in total. The number of nitrogens with zero attached hydrogens (tertiary/aromatic N) is 2. The van der Waals surface area contributed by atoms with Crippen LogP contribution in [0.25, 0.3) is 0 Å². The quantitative estimate of drug-likeness (QED) is 0.575. The fraction of sp³-hybridized carbons (Fsp3) is 0.412. The second-order valence-electron chi connectivity index (χ2n) is 6.27. The second kappa shape index (κ2) is 8.17. The third-order valence-electron chi connectivity index (χ3n) is 4.12. The van der Waals surface area contributed by atoms with Crippen molar-refractivity contribution < 1.29 is 36.2 Å². The van der Waals surface area contributed by atoms with Gasteiger partial charge in [-0.05, 0) is 40.9 Å². The number of nitrogens with one attached hydrogen (secondary N) is 1. The number of halogens is 6. The Labute approximate surface area is 170 Å². The molecule has 1 aliphatic rings. The topological polar surface area (TPSA) is 65.4 Å². The third-order valence-corrected chi connectivity index (χ3v) is 4.90. The maximum absolute atomic E-state index is 13.1. The second-order valence-corrected chi connectivity index (χ2v) is 7.06. The fourth-order valence-corrected chi connectivity index (χ4v) is 3.61. The number of alkyl halides is 5. The molecule has 0 bridgehead atoms. The zero-order chi connectivity index (χ0) is 21.3. The lowest BCUT2D eigenvalue weighted by Gasteiger charge is -2.12. The van der Waals surface area contributed by atoms with Crippen LogP contribution in [0.2, 0.25) is 0 Å². The van der Waals surface area contributed by atoms with Gasteiger partial charge in [0.1, 0.15) is 6.54 Å². The number of rotatable bonds is 7. The Bertz CT molecular complexity index is 912. The van der Waals surface area contributed by atoms with Crippen molar-refractivity contribution in [2.75, 3.05) is 12.4 Å². The number of benzene rings is 1. The van der Waals surface area contributed by atoms with Crippen LogP contribution in [0.3, 0.4) is 0 Å². The van der Waals surface area contributed by atoms with E-state index in [0.29, 0.717) is 18.5 Å². The van der Waals surface area contributed by atoms with E-state index in [2.05, 4.69) is 31.1 Å². The van der Waals surface area contributed by atoms with Gasteiger partial charge in [-0.3, -0.25) is 9.48 Å². The fourth-order valence-electron chi connectivity index (χ4n) is 2.78. The van der Waals surface area contributed by atoms with Crippen molar-refractivity contribution >= 4 is 27.5 Å². The standard InChI is InChI=1S/C17H15BrF5N3O3/c1-28-11-6-9(4-5-10(11)29-16(19)20)24-12(27)7-26-14(8-2-3-8)13(18)15(25-26)17(21,22)23/h4-6,8,16H,2-3,7H2,1H3,(H,24,27). The number of methoxy groups -OCH3 is 1. The van der Waals surface area contributed by atoms with Crippen LogP contribution in [0.1, 0.15) is 30.1 Å². The number of aromatic nitrogens is 2. The summed E-state index contributed by atoms with van der Waals surface area (Å²) in [5.74, 6) is -0.989. The zero-order valence-electron chi connectivity index (χ0n) is 14.9. The van der Waals surface area contributed by atoms with E-state index in [0.717, 1.165) is 4.68 Å². The molecule has 1 aromatic heterocycles. The highest BCUT2D eigenvalue weighted by Gasteiger charge is 2.41. The zero-order valence-corrected chi connectivity index (χ0v) is 16.5. The molecule has 158 valence electrons. The molecule has 0 radical (unpaired) electrons. The van der Waals surface area contributed by atoms with Gasteiger partial charge in [-0.2, -0.15) is 27.1 Å². The van der Waals surface area contributed by atoms with E-state index in [4.69, 9.17) is 4.74 Å². The SMILES string of the molecule is COc1cc(NC(=O)Cn2nc(C(F)(F)F)c(Br)c2C2CC2)ccc1OC(F)F. The molecule has 1 saturated carbocycles. The Morgan fingerprint density at radius 3 is 2.59 bits per heavy atom. The summed E-state index contributed by atoms with van der Waals surface area (Å²) in [7, 11) is 1.24. The molecular formula is C17H15BrF5N3O3. The van der Waals surface area contributed by atoms with Gasteiger partial charge < -0.3 is 14.8 Å². The number of ether oxygens (including phenoxy) is 2. The third kappa shape index (κ3) is 4.98. The van der Waals surface area contributed by atoms with Crippen molar-refractivity contribution in [3.8, 4) is 11.5 Å². The molecule has 0 saturated heterocycles. The maximum atomic E-state index is 13.1. The largest absolute Gasteiger partial charge is 0.493 e. The summed E-state index contributed by atoms with van der Waals surface area (Å²) in [6, 6.07) is 3.75. The van der Waals surface area contributed by atoms with Gasteiger partial charge in [0.15, 0.2) is 17.2 Å². The minimum Gasteiger partial charge on any atom is -0.493 e. The monoisotopic (exact) mass is 483 g/mol. The first-order chi connectivity index (χ1) is 13.6. The van der Waals surface area contributed by atoms with Gasteiger partial charge in [-0.1, -0.05) is 0 Å². The van der Waals surface area contributed by atoms with Gasteiger partial charge >= 0.3 is 12.8 Å². The minimum atomic E-state index is -4.65. The van der Waals surface area contributed by atoms with Crippen molar-refractivity contribution in [3.63, 3.8) is 0 Å². The molecule has 1 aliphatic carbocycles. The van der Waals surface area contributed by atoms with Crippen LogP contribution in [0.4, 0.5) is 27.6 Å². The lowest BCUT2D eigenvalue weighted by Crippen LogP contribution is -2.21. The average molecular weight is 484 g/mol. The average Bonchev–Trinajstić information content (AvgIpc) is 3.39. The molecule has 12 heteroatoms. The summed E-state index contributed by atoms with van der Waals surface area (Å²) in [6.07, 6.45) is -3.23. The van der Waals surface area contributed by atoms with Gasteiger partial charge in [-0.15, -0.1) is 0 Å². The van der Waals surface area contributed by atoms with Crippen LogP contribution >= 0.6 is 15.9 Å². The number of anilines is 1. The summed E-state index contributed by atoms with van der Waals surface area (Å²) in [5, 5.41) is 6.04. The van der Waals surface area contributed by atoms with E-state index in [9.17, 15) is 26.7 Å². The Morgan fingerprint density at radius 1 is 1.34 bits per heavy atom. The lowest BCUT2D eigenvalue weighted by atomic mass is 10.2. The molecular weight excluding hydrogens is 469 g/mol. The molecule has 0 spiro atoms. The van der Waals surface area contributed by atoms with Crippen molar-refractivity contribution in [1.82, 2.24) is 9.78 Å². The molecule has 1 fully saturated rings. The molecule has 6 nitrogen and oxygen atoms in total. The van der Waals surface area contributed by atoms with Crippen LogP contribution in [-0.2, 0) is 17.5 Å². The van der Waals surface area contributed by atoms with Gasteiger partial charge in [0, 0.05) is 17.7 Å². The van der Waals surface area contributed by atoms with Gasteiger partial charge in [-0.25, -0.2) is 0 Å². The molecule has 2 aromatic rings. The highest BCUT2D eigenvalue weighted by Crippen LogP contribution is 2.47. The molecule has 0 atom stereocenters. The molecule has 29 heavy (non-hydrogen) atoms. The molecule has 3 rings (SSSR count). The van der Waals surface area contributed by atoms with E-state index in [-0.39, 0.29) is 27.6 Å². The highest BCUT2D eigenvalue weighted by atomic mass is 79.9. The van der Waals surface area contributed by atoms with Gasteiger partial charge in [0.05, 0.1) is 17.3 Å². The number of carbonyl (C=O) groups is 1. The molecule has 0 aliphatic heterocycles. The summed E-state index contributed by atoms with van der Waals surface area (Å²) in [6.45, 7) is -3.50. The first-order valence-electron chi connectivity index (χ1n) is 8.36. The van der Waals surface area contributed by atoms with Gasteiger partial charge in [0.25, 0.3) is 0 Å². The van der Waals surface area contributed by atoms with Crippen LogP contribution in [-0.4, -0.2) is 29.4 Å². The molecule has 1 amide bonds. The number of hydrogen-bond acceptors (Lipinski definition) is 4. The summed E-state index contributed by atoms with van der Waals surface area (Å²) in [4.78, 5) is 12.3. The van der Waals surface area contributed by atoms with Crippen LogP contribution < -0.4 is 14.8 Å². The summed E-state index contributed by atoms with van der Waals surface area (Å²) >= 11 is 2.95. The van der Waals surface area contributed by atoms with Crippen LogP contribution in [0, 0.1) is 0 Å². The van der Waals surface area contributed by atoms with Crippen molar-refractivity contribution in [1.29, 1.82) is 0 Å². The van der Waals surface area contributed by atoms with Crippen molar-refractivity contribution in [2.24, 2.45) is 0 Å². The Kier molecular flexibility index (Phi) is 6.01. The van der Waals surface area contributed by atoms with Crippen LogP contribution in [0.15, 0.2) is 22.7 Å². The maximum Gasteiger partial charge on any atom is 0.436 e. The summed E-state index contributed by atoms with van der Waals surface area (Å²) in [5.41, 5.74) is -0.559. The molecule has 1 aromatic carbocycles. The lowest BCUT2D eigenvalue weighted by molar-refractivity contribution is -0.142. The number of carbonyl (C=O) groups excluding carboxylic acids is 1. The predicted molar refractivity (Wildman–Crippen MR) is 95.2 cm³/mol. The highest BCUT2D eigenvalue weighted by molar-refractivity contribution is 9.10. The van der Waals surface area contributed by atoms with Crippen molar-refractivity contribution in [3.05, 3.63) is 34.1 Å². The normalized spacial score (nSPS) is 14.2. The summed E-state index contributed by atoms with van der Waals surface area (Å²) < 4.78 is 74.3. The number of amides is 1.